The number of nitro benzene ring substituents is 2. The Hall–Kier alpha value is -2.85. The number of hydrogen-bond donors (Lipinski definition) is 0. The van der Waals surface area contributed by atoms with Crippen molar-refractivity contribution in [2.45, 2.75) is 6.92 Å². The van der Waals surface area contributed by atoms with Crippen molar-refractivity contribution < 1.29 is 14.6 Å². The van der Waals surface area contributed by atoms with E-state index >= 15 is 0 Å². The number of amides is 1. The number of benzene rings is 2. The van der Waals surface area contributed by atoms with Crippen molar-refractivity contribution in [3.05, 3.63) is 74.3 Å². The van der Waals surface area contributed by atoms with Crippen LogP contribution in [-0.4, -0.2) is 25.8 Å². The molecule has 0 saturated carbocycles. The lowest BCUT2D eigenvalue weighted by atomic mass is 10.1. The average molecular weight is 391 g/mol. The smallest absolute Gasteiger partial charge is 0.268 e. The molecule has 0 unspecified atom stereocenters. The third kappa shape index (κ3) is 4.41. The van der Waals surface area contributed by atoms with E-state index < -0.39 is 15.8 Å². The molecule has 2 rings (SSSR count). The molecule has 0 aromatic heterocycles. The number of thioether (sulfide) groups is 1. The van der Waals surface area contributed by atoms with Crippen LogP contribution in [0.3, 0.4) is 0 Å². The van der Waals surface area contributed by atoms with Gasteiger partial charge < -0.3 is 0 Å². The van der Waals surface area contributed by atoms with E-state index in [-0.39, 0.29) is 21.3 Å². The van der Waals surface area contributed by atoms with E-state index in [0.717, 1.165) is 0 Å². The zero-order chi connectivity index (χ0) is 19.3. The van der Waals surface area contributed by atoms with Crippen LogP contribution in [0, 0.1) is 20.2 Å². The predicted octanol–water partition coefficient (Wildman–Crippen LogP) is 4.19. The van der Waals surface area contributed by atoms with Crippen LogP contribution in [0.4, 0.5) is 17.1 Å². The lowest BCUT2D eigenvalue weighted by molar-refractivity contribution is -0.385. The summed E-state index contributed by atoms with van der Waals surface area (Å²) in [6.45, 7) is 1.88. The number of carbonyl (C=O) groups excluding carboxylic acids is 1. The summed E-state index contributed by atoms with van der Waals surface area (Å²) in [6, 6.07) is 10.6. The van der Waals surface area contributed by atoms with Gasteiger partial charge in [-0.2, -0.15) is 0 Å². The third-order valence-electron chi connectivity index (χ3n) is 3.30. The van der Waals surface area contributed by atoms with Crippen LogP contribution in [0.15, 0.2) is 48.5 Å². The van der Waals surface area contributed by atoms with Gasteiger partial charge in [0, 0.05) is 29.8 Å². The molecule has 10 heteroatoms. The lowest BCUT2D eigenvalue weighted by Gasteiger charge is -2.22. The summed E-state index contributed by atoms with van der Waals surface area (Å²) in [4.78, 5) is 34.6. The van der Waals surface area contributed by atoms with Gasteiger partial charge in [0.25, 0.3) is 17.3 Å². The van der Waals surface area contributed by atoms with Crippen LogP contribution in [-0.2, 0) is 0 Å². The van der Waals surface area contributed by atoms with Crippen molar-refractivity contribution in [2.24, 2.45) is 0 Å². The Morgan fingerprint density at radius 1 is 1.00 bits per heavy atom. The minimum atomic E-state index is -0.556. The van der Waals surface area contributed by atoms with Crippen LogP contribution in [0.25, 0.3) is 0 Å². The molecule has 0 bridgehead atoms. The fourth-order valence-electron chi connectivity index (χ4n) is 2.07. The molecule has 0 aliphatic carbocycles. The Morgan fingerprint density at radius 3 is 1.88 bits per heavy atom. The monoisotopic (exact) mass is 391 g/mol. The van der Waals surface area contributed by atoms with Crippen LogP contribution in [0.2, 0.25) is 0 Å². The first-order valence-electron chi connectivity index (χ1n) is 7.35. The minimum Gasteiger partial charge on any atom is -0.268 e. The van der Waals surface area contributed by atoms with Crippen molar-refractivity contribution >= 4 is 51.3 Å². The number of non-ortho nitro benzene ring substituents is 2. The molecule has 0 heterocycles. The highest BCUT2D eigenvalue weighted by atomic mass is 32.2. The van der Waals surface area contributed by atoms with E-state index in [9.17, 15) is 25.0 Å². The van der Waals surface area contributed by atoms with Crippen molar-refractivity contribution in [1.82, 2.24) is 0 Å². The van der Waals surface area contributed by atoms with Gasteiger partial charge in [0.05, 0.1) is 15.5 Å². The number of anilines is 1. The summed E-state index contributed by atoms with van der Waals surface area (Å²) in [5, 5.41) is 21.5. The third-order valence-corrected chi connectivity index (χ3v) is 4.55. The molecule has 0 aliphatic rings. The zero-order valence-electron chi connectivity index (χ0n) is 13.5. The van der Waals surface area contributed by atoms with Gasteiger partial charge in [0.2, 0.25) is 0 Å². The van der Waals surface area contributed by atoms with E-state index in [1.54, 1.807) is 0 Å². The molecule has 1 amide bonds. The van der Waals surface area contributed by atoms with E-state index in [1.807, 2.05) is 6.92 Å². The van der Waals surface area contributed by atoms with E-state index in [4.69, 9.17) is 12.2 Å². The van der Waals surface area contributed by atoms with Crippen LogP contribution < -0.4 is 4.90 Å². The van der Waals surface area contributed by atoms with Crippen LogP contribution in [0.1, 0.15) is 17.3 Å². The molecule has 0 fully saturated rings. The molecule has 2 aromatic carbocycles. The highest BCUT2D eigenvalue weighted by molar-refractivity contribution is 8.23. The fourth-order valence-corrected chi connectivity index (χ4v) is 3.18. The molecule has 0 atom stereocenters. The highest BCUT2D eigenvalue weighted by Gasteiger charge is 2.23. The van der Waals surface area contributed by atoms with E-state index in [1.165, 1.54) is 65.2 Å². The molecule has 0 spiro atoms. The van der Waals surface area contributed by atoms with Crippen molar-refractivity contribution in [1.29, 1.82) is 0 Å². The van der Waals surface area contributed by atoms with Gasteiger partial charge in [-0.3, -0.25) is 29.9 Å². The summed E-state index contributed by atoms with van der Waals surface area (Å²) < 4.78 is 0.282. The van der Waals surface area contributed by atoms with Gasteiger partial charge in [0.15, 0.2) is 0 Å². The van der Waals surface area contributed by atoms with Gasteiger partial charge in [-0.05, 0) is 30.0 Å². The van der Waals surface area contributed by atoms with Gasteiger partial charge >= 0.3 is 0 Å². The Labute approximate surface area is 158 Å². The molecule has 0 N–H and O–H groups in total. The van der Waals surface area contributed by atoms with Gasteiger partial charge in [-0.15, -0.1) is 0 Å². The van der Waals surface area contributed by atoms with E-state index in [2.05, 4.69) is 0 Å². The van der Waals surface area contributed by atoms with Crippen LogP contribution in [0.5, 0.6) is 0 Å². The molecule has 2 aromatic rings. The highest BCUT2D eigenvalue weighted by Crippen LogP contribution is 2.25. The lowest BCUT2D eigenvalue weighted by Crippen LogP contribution is -2.34. The Balaban J connectivity index is 2.40. The molecule has 134 valence electrons. The van der Waals surface area contributed by atoms with Crippen molar-refractivity contribution in [2.75, 3.05) is 10.7 Å². The molecule has 8 nitrogen and oxygen atoms in total. The normalized spacial score (nSPS) is 10.2. The Bertz CT molecular complexity index is 853. The first-order chi connectivity index (χ1) is 12.3. The second-order valence-electron chi connectivity index (χ2n) is 4.92. The summed E-state index contributed by atoms with van der Waals surface area (Å²) >= 11 is 6.58. The van der Waals surface area contributed by atoms with Gasteiger partial charge in [-0.25, -0.2) is 0 Å². The first-order valence-corrected chi connectivity index (χ1v) is 8.74. The molecular weight excluding hydrogens is 378 g/mol. The summed E-state index contributed by atoms with van der Waals surface area (Å²) in [7, 11) is 0. The average Bonchev–Trinajstić information content (AvgIpc) is 2.62. The maximum Gasteiger partial charge on any atom is 0.269 e. The number of thiocarbonyl (C=S) groups is 1. The molecule has 0 radical (unpaired) electrons. The summed E-state index contributed by atoms with van der Waals surface area (Å²) in [5.41, 5.74) is 0.359. The Kier molecular flexibility index (Phi) is 6.36. The second kappa shape index (κ2) is 8.50. The standard InChI is InChI=1S/C16H13N3O5S2/c1-2-26-16(25)17(12-7-9-14(10-8-12)19(23)24)15(20)11-3-5-13(6-4-11)18(21)22/h3-10H,2H2,1H3. The number of carbonyl (C=O) groups is 1. The molecule has 0 saturated heterocycles. The topological polar surface area (TPSA) is 107 Å². The maximum atomic E-state index is 12.9. The SMILES string of the molecule is CCSC(=S)N(C(=O)c1ccc([N+](=O)[O-])cc1)c1ccc([N+](=O)[O-])cc1. The van der Waals surface area contributed by atoms with Crippen molar-refractivity contribution in [3.8, 4) is 0 Å². The molecular formula is C16H13N3O5S2. The molecule has 26 heavy (non-hydrogen) atoms. The number of rotatable bonds is 5. The quantitative estimate of drug-likeness (QED) is 0.427. The largest absolute Gasteiger partial charge is 0.269 e. The first kappa shape index (κ1) is 19.5. The van der Waals surface area contributed by atoms with Gasteiger partial charge in [0.1, 0.15) is 4.32 Å². The minimum absolute atomic E-state index is 0.106. The molecule has 0 aliphatic heterocycles. The predicted molar refractivity (Wildman–Crippen MR) is 104 cm³/mol. The number of nitro groups is 2. The zero-order valence-corrected chi connectivity index (χ0v) is 15.2. The number of hydrogen-bond acceptors (Lipinski definition) is 7. The van der Waals surface area contributed by atoms with Gasteiger partial charge in [-0.1, -0.05) is 30.9 Å². The second-order valence-corrected chi connectivity index (χ2v) is 6.81. The Morgan fingerprint density at radius 2 is 1.46 bits per heavy atom. The van der Waals surface area contributed by atoms with Crippen molar-refractivity contribution in [3.63, 3.8) is 0 Å². The summed E-state index contributed by atoms with van der Waals surface area (Å²) in [5.74, 6) is 0.162. The van der Waals surface area contributed by atoms with E-state index in [0.29, 0.717) is 11.4 Å². The summed E-state index contributed by atoms with van der Waals surface area (Å²) in [6.07, 6.45) is 0. The number of nitrogens with zero attached hydrogens (tertiary/aromatic N) is 3. The fraction of sp³-hybridized carbons (Fsp3) is 0.125. The maximum absolute atomic E-state index is 12.9. The van der Waals surface area contributed by atoms with Crippen LogP contribution >= 0.6 is 24.0 Å².